The van der Waals surface area contributed by atoms with Crippen LogP contribution >= 0.6 is 0 Å². The van der Waals surface area contributed by atoms with Crippen molar-refractivity contribution in [2.45, 2.75) is 51.9 Å². The van der Waals surface area contributed by atoms with Gasteiger partial charge in [0.05, 0.1) is 12.6 Å². The van der Waals surface area contributed by atoms with Crippen molar-refractivity contribution in [3.05, 3.63) is 0 Å². The topological polar surface area (TPSA) is 47.6 Å². The molecule has 0 bridgehead atoms. The molecule has 1 heterocycles. The van der Waals surface area contributed by atoms with Crippen LogP contribution in [0.15, 0.2) is 0 Å². The number of hydrogen-bond donors (Lipinski definition) is 1. The van der Waals surface area contributed by atoms with Gasteiger partial charge in [-0.2, -0.15) is 0 Å². The van der Waals surface area contributed by atoms with E-state index in [1.807, 2.05) is 27.7 Å². The van der Waals surface area contributed by atoms with Gasteiger partial charge in [-0.15, -0.1) is 0 Å². The highest BCUT2D eigenvalue weighted by Gasteiger charge is 2.25. The molecule has 1 saturated heterocycles. The Kier molecular flexibility index (Phi) is 4.11. The standard InChI is InChI=1S/C11H21NO3/c1-8-9(5-6-14-8)12-7-10(13)15-11(2,3)4/h8-9,12H,5-7H2,1-4H3. The number of ether oxygens (including phenoxy) is 2. The van der Waals surface area contributed by atoms with Gasteiger partial charge in [0.25, 0.3) is 0 Å². The van der Waals surface area contributed by atoms with Crippen molar-refractivity contribution in [2.24, 2.45) is 0 Å². The van der Waals surface area contributed by atoms with E-state index in [1.54, 1.807) is 0 Å². The Morgan fingerprint density at radius 3 is 2.67 bits per heavy atom. The molecular weight excluding hydrogens is 194 g/mol. The highest BCUT2D eigenvalue weighted by molar-refractivity contribution is 5.72. The highest BCUT2D eigenvalue weighted by Crippen LogP contribution is 2.12. The van der Waals surface area contributed by atoms with Crippen molar-refractivity contribution in [1.29, 1.82) is 0 Å². The lowest BCUT2D eigenvalue weighted by molar-refractivity contribution is -0.153. The Morgan fingerprint density at radius 2 is 2.20 bits per heavy atom. The van der Waals surface area contributed by atoms with Crippen LogP contribution in [0.1, 0.15) is 34.1 Å². The minimum Gasteiger partial charge on any atom is -0.459 e. The normalized spacial score (nSPS) is 26.7. The fourth-order valence-corrected chi connectivity index (χ4v) is 1.59. The van der Waals surface area contributed by atoms with Crippen LogP contribution in [0.2, 0.25) is 0 Å². The average molecular weight is 215 g/mol. The largest absolute Gasteiger partial charge is 0.459 e. The van der Waals surface area contributed by atoms with E-state index in [0.717, 1.165) is 13.0 Å². The first-order valence-electron chi connectivity index (χ1n) is 5.45. The second kappa shape index (κ2) is 4.94. The third kappa shape index (κ3) is 4.62. The Balaban J connectivity index is 2.22. The van der Waals surface area contributed by atoms with E-state index in [9.17, 15) is 4.79 Å². The Hall–Kier alpha value is -0.610. The number of carbonyl (C=O) groups excluding carboxylic acids is 1. The van der Waals surface area contributed by atoms with E-state index in [-0.39, 0.29) is 24.7 Å². The lowest BCUT2D eigenvalue weighted by Gasteiger charge is -2.21. The molecule has 0 aromatic carbocycles. The van der Waals surface area contributed by atoms with Crippen molar-refractivity contribution >= 4 is 5.97 Å². The second-order valence-corrected chi connectivity index (χ2v) is 4.94. The summed E-state index contributed by atoms with van der Waals surface area (Å²) in [6.07, 6.45) is 1.15. The van der Waals surface area contributed by atoms with Crippen LogP contribution in [-0.4, -0.2) is 36.9 Å². The van der Waals surface area contributed by atoms with E-state index < -0.39 is 5.60 Å². The van der Waals surface area contributed by atoms with Gasteiger partial charge in [-0.25, -0.2) is 0 Å². The minimum atomic E-state index is -0.406. The summed E-state index contributed by atoms with van der Waals surface area (Å²) in [6.45, 7) is 8.65. The fourth-order valence-electron chi connectivity index (χ4n) is 1.59. The molecular formula is C11H21NO3. The smallest absolute Gasteiger partial charge is 0.320 e. The molecule has 1 rings (SSSR count). The van der Waals surface area contributed by atoms with Crippen molar-refractivity contribution in [1.82, 2.24) is 5.32 Å². The van der Waals surface area contributed by atoms with Crippen molar-refractivity contribution in [3.8, 4) is 0 Å². The van der Waals surface area contributed by atoms with Gasteiger partial charge in [0.1, 0.15) is 5.60 Å². The number of hydrogen-bond acceptors (Lipinski definition) is 4. The Bertz CT molecular complexity index is 222. The van der Waals surface area contributed by atoms with Crippen LogP contribution in [0.25, 0.3) is 0 Å². The molecule has 1 aliphatic heterocycles. The lowest BCUT2D eigenvalue weighted by Crippen LogP contribution is -2.40. The van der Waals surface area contributed by atoms with Crippen molar-refractivity contribution in [3.63, 3.8) is 0 Å². The molecule has 1 fully saturated rings. The van der Waals surface area contributed by atoms with Gasteiger partial charge in [0, 0.05) is 12.6 Å². The van der Waals surface area contributed by atoms with E-state index >= 15 is 0 Å². The van der Waals surface area contributed by atoms with Crippen LogP contribution in [0, 0.1) is 0 Å². The third-order valence-corrected chi connectivity index (χ3v) is 2.30. The van der Waals surface area contributed by atoms with Crippen molar-refractivity contribution < 1.29 is 14.3 Å². The van der Waals surface area contributed by atoms with Gasteiger partial charge in [-0.1, -0.05) is 0 Å². The second-order valence-electron chi connectivity index (χ2n) is 4.94. The van der Waals surface area contributed by atoms with Crippen LogP contribution in [0.4, 0.5) is 0 Å². The maximum absolute atomic E-state index is 11.4. The quantitative estimate of drug-likeness (QED) is 0.716. The summed E-state index contributed by atoms with van der Waals surface area (Å²) in [7, 11) is 0. The number of carbonyl (C=O) groups is 1. The summed E-state index contributed by atoms with van der Waals surface area (Å²) in [5.41, 5.74) is -0.406. The van der Waals surface area contributed by atoms with Crippen LogP contribution in [-0.2, 0) is 14.3 Å². The molecule has 0 saturated carbocycles. The molecule has 0 aromatic heterocycles. The first kappa shape index (κ1) is 12.5. The SMILES string of the molecule is CC1OCCC1NCC(=O)OC(C)(C)C. The molecule has 0 amide bonds. The molecule has 88 valence electrons. The monoisotopic (exact) mass is 215 g/mol. The predicted molar refractivity (Wildman–Crippen MR) is 57.7 cm³/mol. The molecule has 15 heavy (non-hydrogen) atoms. The van der Waals surface area contributed by atoms with E-state index in [2.05, 4.69) is 5.32 Å². The lowest BCUT2D eigenvalue weighted by atomic mass is 10.1. The Labute approximate surface area is 91.3 Å². The zero-order chi connectivity index (χ0) is 11.5. The molecule has 4 heteroatoms. The molecule has 2 unspecified atom stereocenters. The molecule has 0 spiro atoms. The zero-order valence-electron chi connectivity index (χ0n) is 10.0. The van der Waals surface area contributed by atoms with Crippen molar-refractivity contribution in [2.75, 3.05) is 13.2 Å². The van der Waals surface area contributed by atoms with Gasteiger partial charge >= 0.3 is 5.97 Å². The summed E-state index contributed by atoms with van der Waals surface area (Å²) in [4.78, 5) is 11.4. The number of rotatable bonds is 3. The fraction of sp³-hybridized carbons (Fsp3) is 0.909. The maximum Gasteiger partial charge on any atom is 0.320 e. The van der Waals surface area contributed by atoms with E-state index in [0.29, 0.717) is 0 Å². The third-order valence-electron chi connectivity index (χ3n) is 2.30. The summed E-state index contributed by atoms with van der Waals surface area (Å²) in [5.74, 6) is -0.207. The van der Waals surface area contributed by atoms with E-state index in [1.165, 1.54) is 0 Å². The summed E-state index contributed by atoms with van der Waals surface area (Å²) < 4.78 is 10.6. The molecule has 0 radical (unpaired) electrons. The molecule has 1 N–H and O–H groups in total. The van der Waals surface area contributed by atoms with Gasteiger partial charge in [0.15, 0.2) is 0 Å². The van der Waals surface area contributed by atoms with Crippen LogP contribution in [0.5, 0.6) is 0 Å². The minimum absolute atomic E-state index is 0.187. The van der Waals surface area contributed by atoms with Gasteiger partial charge in [-0.05, 0) is 34.1 Å². The summed E-state index contributed by atoms with van der Waals surface area (Å²) in [6, 6.07) is 0.275. The Morgan fingerprint density at radius 1 is 1.53 bits per heavy atom. The van der Waals surface area contributed by atoms with Gasteiger partial charge < -0.3 is 14.8 Å². The summed E-state index contributed by atoms with van der Waals surface area (Å²) in [5, 5.41) is 3.15. The van der Waals surface area contributed by atoms with Gasteiger partial charge in [-0.3, -0.25) is 4.79 Å². The molecule has 0 aromatic rings. The molecule has 0 aliphatic carbocycles. The average Bonchev–Trinajstić information content (AvgIpc) is 2.44. The highest BCUT2D eigenvalue weighted by atomic mass is 16.6. The number of esters is 1. The van der Waals surface area contributed by atoms with Gasteiger partial charge in [0.2, 0.25) is 0 Å². The maximum atomic E-state index is 11.4. The van der Waals surface area contributed by atoms with E-state index in [4.69, 9.17) is 9.47 Å². The first-order valence-corrected chi connectivity index (χ1v) is 5.45. The first-order chi connectivity index (χ1) is 6.88. The van der Waals surface area contributed by atoms with Crippen LogP contribution < -0.4 is 5.32 Å². The zero-order valence-corrected chi connectivity index (χ0v) is 10.0. The molecule has 4 nitrogen and oxygen atoms in total. The molecule has 2 atom stereocenters. The predicted octanol–water partition coefficient (Wildman–Crippen LogP) is 1.10. The number of nitrogens with one attached hydrogen (secondary N) is 1. The van der Waals surface area contributed by atoms with Crippen LogP contribution in [0.3, 0.4) is 0 Å². The molecule has 1 aliphatic rings. The summed E-state index contributed by atoms with van der Waals surface area (Å²) >= 11 is 0.